The molecule has 88 valence electrons. The van der Waals surface area contributed by atoms with Crippen molar-refractivity contribution in [3.05, 3.63) is 58.1 Å². The smallest absolute Gasteiger partial charge is 0.129 e. The van der Waals surface area contributed by atoms with Crippen LogP contribution in [0.25, 0.3) is 0 Å². The number of hydrogen-bond acceptors (Lipinski definition) is 2. The molecule has 0 aliphatic carbocycles. The Labute approximate surface area is 110 Å². The van der Waals surface area contributed by atoms with Gasteiger partial charge in [-0.15, -0.1) is 0 Å². The van der Waals surface area contributed by atoms with Gasteiger partial charge in [-0.3, -0.25) is 0 Å². The fourth-order valence-corrected chi connectivity index (χ4v) is 1.70. The van der Waals surface area contributed by atoms with Crippen LogP contribution in [-0.2, 0) is 6.54 Å². The zero-order valence-corrected chi connectivity index (χ0v) is 10.5. The summed E-state index contributed by atoms with van der Waals surface area (Å²) in [7, 11) is 0. The Morgan fingerprint density at radius 2 is 1.71 bits per heavy atom. The van der Waals surface area contributed by atoms with Crippen molar-refractivity contribution in [1.29, 1.82) is 0 Å². The Kier molecular flexibility index (Phi) is 3.89. The molecule has 0 aliphatic heterocycles. The van der Waals surface area contributed by atoms with E-state index in [1.165, 1.54) is 0 Å². The Bertz CT molecular complexity index is 529. The van der Waals surface area contributed by atoms with E-state index in [4.69, 9.17) is 33.7 Å². The van der Waals surface area contributed by atoms with Crippen molar-refractivity contribution in [2.45, 2.75) is 6.54 Å². The number of benzene rings is 2. The van der Waals surface area contributed by atoms with Crippen LogP contribution in [0, 0.1) is 0 Å². The van der Waals surface area contributed by atoms with E-state index < -0.39 is 0 Å². The maximum atomic E-state index is 5.91. The highest BCUT2D eigenvalue weighted by Crippen LogP contribution is 2.29. The topological polar surface area (TPSA) is 35.2 Å². The first-order valence-electron chi connectivity index (χ1n) is 5.11. The molecule has 2 nitrogen and oxygen atoms in total. The van der Waals surface area contributed by atoms with Crippen molar-refractivity contribution in [3.63, 3.8) is 0 Å². The Balaban J connectivity index is 2.22. The molecule has 2 rings (SSSR count). The van der Waals surface area contributed by atoms with Gasteiger partial charge in [0, 0.05) is 12.6 Å². The van der Waals surface area contributed by atoms with E-state index in [1.54, 1.807) is 18.2 Å². The van der Waals surface area contributed by atoms with Gasteiger partial charge in [-0.25, -0.2) is 0 Å². The monoisotopic (exact) mass is 267 g/mol. The van der Waals surface area contributed by atoms with Crippen LogP contribution in [0.15, 0.2) is 42.5 Å². The van der Waals surface area contributed by atoms with Crippen LogP contribution < -0.4 is 10.5 Å². The standard InChI is InChI=1S/C13H11Cl2NO/c14-12-5-4-11(7-13(12)15)17-10-3-1-2-9(6-10)8-16/h1-7H,8,16H2. The molecule has 0 atom stereocenters. The van der Waals surface area contributed by atoms with Crippen molar-refractivity contribution in [2.24, 2.45) is 5.73 Å². The second-order valence-electron chi connectivity index (χ2n) is 3.53. The average Bonchev–Trinajstić information content (AvgIpc) is 2.34. The predicted octanol–water partition coefficient (Wildman–Crippen LogP) is 4.24. The number of hydrogen-bond donors (Lipinski definition) is 1. The summed E-state index contributed by atoms with van der Waals surface area (Å²) in [5, 5.41) is 0.980. The van der Waals surface area contributed by atoms with Gasteiger partial charge >= 0.3 is 0 Å². The van der Waals surface area contributed by atoms with Gasteiger partial charge in [0.1, 0.15) is 11.5 Å². The minimum Gasteiger partial charge on any atom is -0.457 e. The molecule has 2 aromatic rings. The normalized spacial score (nSPS) is 10.3. The highest BCUT2D eigenvalue weighted by Gasteiger charge is 2.02. The minimum atomic E-state index is 0.471. The summed E-state index contributed by atoms with van der Waals surface area (Å²) in [6, 6.07) is 12.7. The van der Waals surface area contributed by atoms with Gasteiger partial charge in [0.15, 0.2) is 0 Å². The number of nitrogens with two attached hydrogens (primary N) is 1. The van der Waals surface area contributed by atoms with Crippen LogP contribution in [0.5, 0.6) is 11.5 Å². The number of ether oxygens (including phenoxy) is 1. The molecule has 0 spiro atoms. The SMILES string of the molecule is NCc1cccc(Oc2ccc(Cl)c(Cl)c2)c1. The zero-order valence-electron chi connectivity index (χ0n) is 8.99. The van der Waals surface area contributed by atoms with E-state index >= 15 is 0 Å². The molecule has 0 radical (unpaired) electrons. The van der Waals surface area contributed by atoms with Crippen LogP contribution in [0.2, 0.25) is 10.0 Å². The van der Waals surface area contributed by atoms with Crippen molar-refractivity contribution < 1.29 is 4.74 Å². The quantitative estimate of drug-likeness (QED) is 0.903. The molecule has 0 unspecified atom stereocenters. The van der Waals surface area contributed by atoms with Gasteiger partial charge in [0.05, 0.1) is 10.0 Å². The summed E-state index contributed by atoms with van der Waals surface area (Å²) in [4.78, 5) is 0. The predicted molar refractivity (Wildman–Crippen MR) is 70.9 cm³/mol. The van der Waals surface area contributed by atoms with E-state index in [0.29, 0.717) is 22.3 Å². The van der Waals surface area contributed by atoms with Gasteiger partial charge in [0.25, 0.3) is 0 Å². The van der Waals surface area contributed by atoms with Crippen molar-refractivity contribution in [1.82, 2.24) is 0 Å². The number of rotatable bonds is 3. The highest BCUT2D eigenvalue weighted by atomic mass is 35.5. The third-order valence-electron chi connectivity index (χ3n) is 2.26. The summed E-state index contributed by atoms with van der Waals surface area (Å²) in [5.41, 5.74) is 6.58. The second-order valence-corrected chi connectivity index (χ2v) is 4.34. The maximum Gasteiger partial charge on any atom is 0.129 e. The summed E-state index contributed by atoms with van der Waals surface area (Å²) in [6.07, 6.45) is 0. The molecular weight excluding hydrogens is 257 g/mol. The highest BCUT2D eigenvalue weighted by molar-refractivity contribution is 6.42. The van der Waals surface area contributed by atoms with Crippen molar-refractivity contribution >= 4 is 23.2 Å². The van der Waals surface area contributed by atoms with Gasteiger partial charge in [0.2, 0.25) is 0 Å². The van der Waals surface area contributed by atoms with Crippen LogP contribution in [-0.4, -0.2) is 0 Å². The molecule has 0 saturated carbocycles. The summed E-state index contributed by atoms with van der Waals surface area (Å²) in [5.74, 6) is 1.37. The molecule has 4 heteroatoms. The van der Waals surface area contributed by atoms with Crippen LogP contribution >= 0.6 is 23.2 Å². The lowest BCUT2D eigenvalue weighted by Gasteiger charge is -2.07. The van der Waals surface area contributed by atoms with E-state index in [-0.39, 0.29) is 0 Å². The van der Waals surface area contributed by atoms with Gasteiger partial charge in [-0.1, -0.05) is 35.3 Å². The van der Waals surface area contributed by atoms with Gasteiger partial charge < -0.3 is 10.5 Å². The lowest BCUT2D eigenvalue weighted by Crippen LogP contribution is -1.96. The first-order valence-corrected chi connectivity index (χ1v) is 5.86. The number of halogens is 2. The summed E-state index contributed by atoms with van der Waals surface area (Å²) in [6.45, 7) is 0.485. The second kappa shape index (κ2) is 5.41. The maximum absolute atomic E-state index is 5.91. The third-order valence-corrected chi connectivity index (χ3v) is 3.00. The summed E-state index contributed by atoms with van der Waals surface area (Å²) >= 11 is 11.7. The van der Waals surface area contributed by atoms with Crippen LogP contribution in [0.1, 0.15) is 5.56 Å². The molecule has 17 heavy (non-hydrogen) atoms. The first-order chi connectivity index (χ1) is 8.19. The van der Waals surface area contributed by atoms with Crippen LogP contribution in [0.4, 0.5) is 0 Å². The van der Waals surface area contributed by atoms with Crippen molar-refractivity contribution in [2.75, 3.05) is 0 Å². The molecule has 2 aromatic carbocycles. The van der Waals surface area contributed by atoms with Gasteiger partial charge in [-0.2, -0.15) is 0 Å². The molecular formula is C13H11Cl2NO. The van der Waals surface area contributed by atoms with E-state index in [1.807, 2.05) is 24.3 Å². The minimum absolute atomic E-state index is 0.471. The molecule has 0 saturated heterocycles. The zero-order chi connectivity index (χ0) is 12.3. The molecule has 2 N–H and O–H groups in total. The molecule has 0 amide bonds. The fourth-order valence-electron chi connectivity index (χ4n) is 1.41. The largest absolute Gasteiger partial charge is 0.457 e. The Morgan fingerprint density at radius 3 is 2.41 bits per heavy atom. The Hall–Kier alpha value is -1.22. The van der Waals surface area contributed by atoms with Crippen molar-refractivity contribution in [3.8, 4) is 11.5 Å². The van der Waals surface area contributed by atoms with Gasteiger partial charge in [-0.05, 0) is 29.8 Å². The fraction of sp³-hybridized carbons (Fsp3) is 0.0769. The lowest BCUT2D eigenvalue weighted by molar-refractivity contribution is 0.482. The molecule has 0 heterocycles. The lowest BCUT2D eigenvalue weighted by atomic mass is 10.2. The van der Waals surface area contributed by atoms with E-state index in [9.17, 15) is 0 Å². The molecule has 0 bridgehead atoms. The molecule has 0 aliphatic rings. The average molecular weight is 268 g/mol. The van der Waals surface area contributed by atoms with Crippen LogP contribution in [0.3, 0.4) is 0 Å². The molecule has 0 aromatic heterocycles. The first kappa shape index (κ1) is 12.2. The van der Waals surface area contributed by atoms with E-state index in [0.717, 1.165) is 11.3 Å². The Morgan fingerprint density at radius 1 is 0.941 bits per heavy atom. The summed E-state index contributed by atoms with van der Waals surface area (Å²) < 4.78 is 5.66. The third kappa shape index (κ3) is 3.13. The van der Waals surface area contributed by atoms with E-state index in [2.05, 4.69) is 0 Å². The molecule has 0 fully saturated rings.